The molecule has 0 aliphatic carbocycles. The predicted molar refractivity (Wildman–Crippen MR) is 151 cm³/mol. The van der Waals surface area contributed by atoms with Gasteiger partial charge in [0.05, 0.1) is 5.76 Å². The normalized spacial score (nSPS) is 18.7. The lowest BCUT2D eigenvalue weighted by Crippen LogP contribution is -2.66. The molecule has 2 aromatic carbocycles. The molecule has 1 aliphatic heterocycles. The molecule has 0 saturated heterocycles. The predicted octanol–water partition coefficient (Wildman–Crippen LogP) is 6.44. The fourth-order valence-electron chi connectivity index (χ4n) is 5.38. The van der Waals surface area contributed by atoms with E-state index in [1.54, 1.807) is 14.2 Å². The number of allylic oxidation sites excluding steroid dienone is 2. The highest BCUT2D eigenvalue weighted by Gasteiger charge is 2.49. The van der Waals surface area contributed by atoms with E-state index >= 15 is 0 Å². The first kappa shape index (κ1) is 28.6. The van der Waals surface area contributed by atoms with Crippen LogP contribution in [0.2, 0.25) is 5.04 Å². The van der Waals surface area contributed by atoms with Crippen molar-refractivity contribution in [2.45, 2.75) is 83.7 Å². The maximum absolute atomic E-state index is 7.05. The number of methoxy groups -OCH3 is 2. The third-order valence-electron chi connectivity index (χ3n) is 7.41. The summed E-state index contributed by atoms with van der Waals surface area (Å²) in [4.78, 5) is 0. The molecule has 0 unspecified atom stereocenters. The summed E-state index contributed by atoms with van der Waals surface area (Å²) in [5, 5.41) is 2.66. The Kier molecular flexibility index (Phi) is 10.8. The molecule has 4 nitrogen and oxygen atoms in total. The Labute approximate surface area is 220 Å². The molecule has 0 aromatic heterocycles. The third kappa shape index (κ3) is 7.10. The Morgan fingerprint density at radius 3 is 2.03 bits per heavy atom. The van der Waals surface area contributed by atoms with Crippen LogP contribution in [-0.4, -0.2) is 41.5 Å². The molecular weight excluding hydrogens is 464 g/mol. The molecule has 1 heterocycles. The lowest BCUT2D eigenvalue weighted by atomic mass is 9.93. The lowest BCUT2D eigenvalue weighted by molar-refractivity contribution is -0.108. The molecule has 0 radical (unpaired) electrons. The Hall–Kier alpha value is -1.92. The molecule has 2 aromatic rings. The molecular formula is C31H46O4Si. The molecule has 0 bridgehead atoms. The number of hydrogen-bond donors (Lipinski definition) is 0. The highest BCUT2D eigenvalue weighted by atomic mass is 28.4. The van der Waals surface area contributed by atoms with Gasteiger partial charge in [0.25, 0.3) is 8.32 Å². The van der Waals surface area contributed by atoms with Gasteiger partial charge in [-0.15, -0.1) is 0 Å². The minimum Gasteiger partial charge on any atom is -0.495 e. The maximum Gasteiger partial charge on any atom is 0.261 e. The van der Waals surface area contributed by atoms with Crippen molar-refractivity contribution >= 4 is 18.7 Å². The SMILES string of the molecule is COC(CCC[C@@H]1OC(CCCO[Si](c2ccccc2)(c2ccccc2)C(C)(C)C)=CC[C@@H]1C)OC. The van der Waals surface area contributed by atoms with Crippen LogP contribution in [0.15, 0.2) is 72.5 Å². The van der Waals surface area contributed by atoms with E-state index in [-0.39, 0.29) is 17.4 Å². The number of rotatable bonds is 13. The first-order chi connectivity index (χ1) is 17.3. The molecule has 3 rings (SSSR count). The van der Waals surface area contributed by atoms with Crippen molar-refractivity contribution in [2.75, 3.05) is 20.8 Å². The van der Waals surface area contributed by atoms with Crippen molar-refractivity contribution in [3.05, 3.63) is 72.5 Å². The second-order valence-electron chi connectivity index (χ2n) is 11.0. The smallest absolute Gasteiger partial charge is 0.261 e. The van der Waals surface area contributed by atoms with Crippen LogP contribution in [0.5, 0.6) is 0 Å². The van der Waals surface area contributed by atoms with Crippen LogP contribution in [0, 0.1) is 5.92 Å². The number of hydrogen-bond acceptors (Lipinski definition) is 4. The van der Waals surface area contributed by atoms with Gasteiger partial charge in [-0.25, -0.2) is 0 Å². The second kappa shape index (κ2) is 13.6. The monoisotopic (exact) mass is 510 g/mol. The third-order valence-corrected chi connectivity index (χ3v) is 12.5. The molecule has 0 N–H and O–H groups in total. The van der Waals surface area contributed by atoms with Crippen LogP contribution < -0.4 is 10.4 Å². The molecule has 198 valence electrons. The minimum atomic E-state index is -2.48. The summed E-state index contributed by atoms with van der Waals surface area (Å²) in [6, 6.07) is 21.7. The Morgan fingerprint density at radius 2 is 1.50 bits per heavy atom. The Bertz CT molecular complexity index is 879. The summed E-state index contributed by atoms with van der Waals surface area (Å²) < 4.78 is 24.2. The molecule has 1 aliphatic rings. The minimum absolute atomic E-state index is 0.000886. The van der Waals surface area contributed by atoms with Gasteiger partial charge in [0.2, 0.25) is 0 Å². The first-order valence-corrected chi connectivity index (χ1v) is 15.4. The lowest BCUT2D eigenvalue weighted by Gasteiger charge is -2.43. The average molecular weight is 511 g/mol. The highest BCUT2D eigenvalue weighted by molar-refractivity contribution is 6.99. The maximum atomic E-state index is 7.05. The van der Waals surface area contributed by atoms with Crippen LogP contribution in [0.25, 0.3) is 0 Å². The molecule has 5 heteroatoms. The van der Waals surface area contributed by atoms with Crippen molar-refractivity contribution in [2.24, 2.45) is 5.92 Å². The fraction of sp³-hybridized carbons (Fsp3) is 0.548. The largest absolute Gasteiger partial charge is 0.495 e. The van der Waals surface area contributed by atoms with Crippen LogP contribution in [-0.2, 0) is 18.6 Å². The van der Waals surface area contributed by atoms with Gasteiger partial charge in [0.1, 0.15) is 6.10 Å². The zero-order valence-electron chi connectivity index (χ0n) is 23.2. The average Bonchev–Trinajstić information content (AvgIpc) is 2.88. The summed E-state index contributed by atoms with van der Waals surface area (Å²) in [6.07, 6.45) is 8.32. The molecule has 0 amide bonds. The summed E-state index contributed by atoms with van der Waals surface area (Å²) in [5.41, 5.74) is 0. The Balaban J connectivity index is 1.63. The van der Waals surface area contributed by atoms with E-state index in [1.807, 2.05) is 0 Å². The van der Waals surface area contributed by atoms with E-state index in [4.69, 9.17) is 18.6 Å². The van der Waals surface area contributed by atoms with Gasteiger partial charge >= 0.3 is 0 Å². The molecule has 0 spiro atoms. The summed E-state index contributed by atoms with van der Waals surface area (Å²) >= 11 is 0. The first-order valence-electron chi connectivity index (χ1n) is 13.5. The van der Waals surface area contributed by atoms with E-state index in [0.717, 1.165) is 50.9 Å². The van der Waals surface area contributed by atoms with Crippen molar-refractivity contribution in [3.63, 3.8) is 0 Å². The highest BCUT2D eigenvalue weighted by Crippen LogP contribution is 2.37. The number of ether oxygens (including phenoxy) is 3. The van der Waals surface area contributed by atoms with Crippen molar-refractivity contribution < 1.29 is 18.6 Å². The molecule has 0 saturated carbocycles. The summed E-state index contributed by atoms with van der Waals surface area (Å²) in [5.74, 6) is 1.66. The topological polar surface area (TPSA) is 36.9 Å². The Morgan fingerprint density at radius 1 is 0.917 bits per heavy atom. The van der Waals surface area contributed by atoms with Crippen molar-refractivity contribution in [1.82, 2.24) is 0 Å². The van der Waals surface area contributed by atoms with Gasteiger partial charge in [-0.05, 0) is 59.5 Å². The van der Waals surface area contributed by atoms with Gasteiger partial charge in [-0.2, -0.15) is 0 Å². The van der Waals surface area contributed by atoms with Crippen LogP contribution >= 0.6 is 0 Å². The van der Waals surface area contributed by atoms with E-state index in [1.165, 1.54) is 10.4 Å². The summed E-state index contributed by atoms with van der Waals surface area (Å²) in [6.45, 7) is 9.99. The fourth-order valence-corrected chi connectivity index (χ4v) is 9.99. The van der Waals surface area contributed by atoms with Gasteiger partial charge in [-0.1, -0.05) is 88.4 Å². The molecule has 2 atom stereocenters. The van der Waals surface area contributed by atoms with E-state index < -0.39 is 8.32 Å². The van der Waals surface area contributed by atoms with Gasteiger partial charge < -0.3 is 18.6 Å². The van der Waals surface area contributed by atoms with Gasteiger partial charge in [-0.3, -0.25) is 0 Å². The standard InChI is InChI=1S/C31H46O4Si/c1-25-22-23-26(35-29(25)20-13-21-30(32-5)33-6)15-14-24-34-36(31(2,3)4,27-16-9-7-10-17-27)28-18-11-8-12-19-28/h7-12,16-19,23,25,29-30H,13-15,20-22,24H2,1-6H3/t25-,29-/m0/s1. The zero-order valence-corrected chi connectivity index (χ0v) is 24.2. The zero-order chi connectivity index (χ0) is 26.0. The molecule has 36 heavy (non-hydrogen) atoms. The number of benzene rings is 2. The van der Waals surface area contributed by atoms with E-state index in [2.05, 4.69) is 94.4 Å². The van der Waals surface area contributed by atoms with Crippen LogP contribution in [0.4, 0.5) is 0 Å². The van der Waals surface area contributed by atoms with Gasteiger partial charge in [0.15, 0.2) is 6.29 Å². The van der Waals surface area contributed by atoms with Gasteiger partial charge in [0, 0.05) is 27.2 Å². The van der Waals surface area contributed by atoms with Crippen LogP contribution in [0.3, 0.4) is 0 Å². The second-order valence-corrected chi connectivity index (χ2v) is 15.3. The van der Waals surface area contributed by atoms with Crippen LogP contribution in [0.1, 0.15) is 66.2 Å². The van der Waals surface area contributed by atoms with Crippen molar-refractivity contribution in [1.29, 1.82) is 0 Å². The quantitative estimate of drug-likeness (QED) is 0.176. The summed E-state index contributed by atoms with van der Waals surface area (Å²) in [7, 11) is 0.916. The van der Waals surface area contributed by atoms with Crippen molar-refractivity contribution in [3.8, 4) is 0 Å². The van der Waals surface area contributed by atoms with E-state index in [0.29, 0.717) is 5.92 Å². The molecule has 0 fully saturated rings. The van der Waals surface area contributed by atoms with E-state index in [9.17, 15) is 0 Å².